The molecule has 2 aromatic rings. The standard InChI is InChI=1S/C21H31S2.3C4H9.Sn/c1-4-6-8-10-12-18-14-20(22-16-18)21-15-19(17(3)23-21)13-11-9-7-5-2;3*1-3-4-2;/h14-15H,4-13H2,1-3H3;3*1,3-4H2,2H3;. The Labute approximate surface area is 238 Å². The van der Waals surface area contributed by atoms with Crippen LogP contribution in [0.1, 0.15) is 141 Å². The summed E-state index contributed by atoms with van der Waals surface area (Å²) in [5.74, 6) is 0. The molecule has 0 aliphatic carbocycles. The number of thiophene rings is 2. The molecule has 0 fully saturated rings. The first-order valence-electron chi connectivity index (χ1n) is 15.8. The quantitative estimate of drug-likeness (QED) is 0.0944. The molecule has 3 heteroatoms. The molecule has 0 aromatic carbocycles. The van der Waals surface area contributed by atoms with Crippen LogP contribution in [0.25, 0.3) is 9.75 Å². The first-order valence-corrected chi connectivity index (χ1v) is 24.9. The van der Waals surface area contributed by atoms with Crippen LogP contribution in [0.4, 0.5) is 0 Å². The van der Waals surface area contributed by atoms with Crippen molar-refractivity contribution in [2.75, 3.05) is 0 Å². The predicted octanol–water partition coefficient (Wildman–Crippen LogP) is 12.1. The minimum atomic E-state index is -2.43. The minimum absolute atomic E-state index is 1.27. The van der Waals surface area contributed by atoms with Crippen molar-refractivity contribution in [1.82, 2.24) is 0 Å². The average molecular weight is 638 g/mol. The van der Waals surface area contributed by atoms with E-state index in [-0.39, 0.29) is 0 Å². The molecular formula is C33H58S2Sn. The molecule has 0 saturated carbocycles. The Hall–Kier alpha value is 0.199. The molecule has 0 aliphatic heterocycles. The van der Waals surface area contributed by atoms with E-state index in [0.29, 0.717) is 0 Å². The molecule has 0 spiro atoms. The second-order valence-electron chi connectivity index (χ2n) is 11.4. The summed E-state index contributed by atoms with van der Waals surface area (Å²) >= 11 is 1.94. The van der Waals surface area contributed by atoms with Crippen LogP contribution >= 0.6 is 22.7 Å². The Morgan fingerprint density at radius 1 is 0.528 bits per heavy atom. The fraction of sp³-hybridized carbons (Fsp3) is 0.758. The molecule has 2 aromatic heterocycles. The molecule has 0 amide bonds. The van der Waals surface area contributed by atoms with Gasteiger partial charge in [-0.15, -0.1) is 0 Å². The van der Waals surface area contributed by atoms with Gasteiger partial charge in [0, 0.05) is 0 Å². The molecule has 0 atom stereocenters. The van der Waals surface area contributed by atoms with Gasteiger partial charge in [-0.3, -0.25) is 0 Å². The van der Waals surface area contributed by atoms with Crippen molar-refractivity contribution in [2.45, 2.75) is 158 Å². The van der Waals surface area contributed by atoms with Gasteiger partial charge in [0.05, 0.1) is 0 Å². The summed E-state index contributed by atoms with van der Waals surface area (Å²) in [5.41, 5.74) is 3.43. The molecule has 0 aliphatic rings. The Morgan fingerprint density at radius 2 is 0.972 bits per heavy atom. The van der Waals surface area contributed by atoms with E-state index in [1.165, 1.54) is 103 Å². The third-order valence-corrected chi connectivity index (χ3v) is 29.1. The van der Waals surface area contributed by atoms with E-state index in [2.05, 4.69) is 76.3 Å². The van der Waals surface area contributed by atoms with Crippen molar-refractivity contribution >= 4 is 43.9 Å². The van der Waals surface area contributed by atoms with Crippen LogP contribution in [0.2, 0.25) is 13.3 Å². The number of unbranched alkanes of at least 4 members (excludes halogenated alkanes) is 9. The number of hydrogen-bond donors (Lipinski definition) is 0. The summed E-state index contributed by atoms with van der Waals surface area (Å²) in [7, 11) is 0. The Balaban J connectivity index is 2.44. The first-order chi connectivity index (χ1) is 17.5. The summed E-state index contributed by atoms with van der Waals surface area (Å²) in [4.78, 5) is 4.76. The number of hydrogen-bond acceptors (Lipinski definition) is 2. The average Bonchev–Trinajstić information content (AvgIpc) is 3.48. The summed E-state index contributed by atoms with van der Waals surface area (Å²) in [6.45, 7) is 14.3. The van der Waals surface area contributed by atoms with Gasteiger partial charge in [0.1, 0.15) is 0 Å². The number of rotatable bonds is 21. The zero-order valence-electron chi connectivity index (χ0n) is 24.9. The van der Waals surface area contributed by atoms with Gasteiger partial charge in [-0.2, -0.15) is 0 Å². The third kappa shape index (κ3) is 10.1. The van der Waals surface area contributed by atoms with E-state index in [4.69, 9.17) is 0 Å². The van der Waals surface area contributed by atoms with E-state index in [0.717, 1.165) is 0 Å². The van der Waals surface area contributed by atoms with E-state index >= 15 is 0 Å². The summed E-state index contributed by atoms with van der Waals surface area (Å²) < 4.78 is 6.79. The maximum atomic E-state index is 2.70. The Morgan fingerprint density at radius 3 is 1.47 bits per heavy atom. The molecule has 0 unspecified atom stereocenters. The van der Waals surface area contributed by atoms with Gasteiger partial charge >= 0.3 is 239 Å². The Kier molecular flexibility index (Phi) is 16.6. The molecule has 0 nitrogen and oxygen atoms in total. The predicted molar refractivity (Wildman–Crippen MR) is 173 cm³/mol. The van der Waals surface area contributed by atoms with Crippen molar-refractivity contribution < 1.29 is 0 Å². The van der Waals surface area contributed by atoms with E-state index in [9.17, 15) is 0 Å². The van der Waals surface area contributed by atoms with Gasteiger partial charge in [-0.25, -0.2) is 0 Å². The molecule has 0 radical (unpaired) electrons. The monoisotopic (exact) mass is 638 g/mol. The van der Waals surface area contributed by atoms with E-state index in [1.807, 2.05) is 2.89 Å². The van der Waals surface area contributed by atoms with Gasteiger partial charge in [0.2, 0.25) is 0 Å². The van der Waals surface area contributed by atoms with Crippen LogP contribution in [-0.4, -0.2) is 18.4 Å². The zero-order valence-corrected chi connectivity index (χ0v) is 29.4. The summed E-state index contributed by atoms with van der Waals surface area (Å²) in [6, 6.07) is 5.29. The van der Waals surface area contributed by atoms with Crippen LogP contribution in [0.5, 0.6) is 0 Å². The molecule has 2 heterocycles. The molecule has 36 heavy (non-hydrogen) atoms. The SMILES string of the molecule is CCCCCCc1cc(-c2cc(CCCCCC)[c]([Sn]([CH2]CCC)([CH2]CCC)[CH2]CCC)s2)sc1C. The fourth-order valence-electron chi connectivity index (χ4n) is 5.82. The maximum absolute atomic E-state index is 2.70. The van der Waals surface area contributed by atoms with Crippen molar-refractivity contribution in [3.8, 4) is 9.75 Å². The number of aryl methyl sites for hydroxylation is 3. The first kappa shape index (κ1) is 32.4. The van der Waals surface area contributed by atoms with Gasteiger partial charge in [-0.05, 0) is 0 Å². The van der Waals surface area contributed by atoms with Crippen LogP contribution in [0.15, 0.2) is 12.1 Å². The molecule has 0 bridgehead atoms. The van der Waals surface area contributed by atoms with E-state index < -0.39 is 18.4 Å². The zero-order chi connectivity index (χ0) is 26.2. The van der Waals surface area contributed by atoms with E-state index in [1.54, 1.807) is 39.1 Å². The van der Waals surface area contributed by atoms with Crippen LogP contribution in [0.3, 0.4) is 0 Å². The second-order valence-corrected chi connectivity index (χ2v) is 27.7. The van der Waals surface area contributed by atoms with Gasteiger partial charge in [0.25, 0.3) is 0 Å². The topological polar surface area (TPSA) is 0 Å². The molecule has 0 N–H and O–H groups in total. The van der Waals surface area contributed by atoms with Crippen LogP contribution in [-0.2, 0) is 12.8 Å². The van der Waals surface area contributed by atoms with Gasteiger partial charge in [-0.1, -0.05) is 0 Å². The summed E-state index contributed by atoms with van der Waals surface area (Å²) in [5, 5.41) is 0. The molecule has 206 valence electrons. The second kappa shape index (κ2) is 18.5. The van der Waals surface area contributed by atoms with Gasteiger partial charge in [0.15, 0.2) is 0 Å². The van der Waals surface area contributed by atoms with Crippen molar-refractivity contribution in [2.24, 2.45) is 0 Å². The molecule has 2 rings (SSSR count). The third-order valence-electron chi connectivity index (χ3n) is 8.18. The Bertz CT molecular complexity index is 809. The van der Waals surface area contributed by atoms with Gasteiger partial charge < -0.3 is 0 Å². The summed E-state index contributed by atoms with van der Waals surface area (Å²) in [6.07, 6.45) is 22.1. The van der Waals surface area contributed by atoms with Crippen molar-refractivity contribution in [3.63, 3.8) is 0 Å². The van der Waals surface area contributed by atoms with Crippen molar-refractivity contribution in [3.05, 3.63) is 28.1 Å². The fourth-order valence-corrected chi connectivity index (χ4v) is 28.4. The van der Waals surface area contributed by atoms with Crippen LogP contribution < -0.4 is 2.89 Å². The molecular weight excluding hydrogens is 579 g/mol. The molecule has 0 saturated heterocycles. The van der Waals surface area contributed by atoms with Crippen LogP contribution in [0, 0.1) is 6.92 Å². The normalized spacial score (nSPS) is 12.1. The van der Waals surface area contributed by atoms with Crippen molar-refractivity contribution in [1.29, 1.82) is 0 Å².